The Morgan fingerprint density at radius 2 is 2.15 bits per heavy atom. The number of amides is 2. The van der Waals surface area contributed by atoms with Crippen LogP contribution in [0.2, 0.25) is 0 Å². The van der Waals surface area contributed by atoms with E-state index < -0.39 is 0 Å². The van der Waals surface area contributed by atoms with E-state index >= 15 is 0 Å². The van der Waals surface area contributed by atoms with Crippen molar-refractivity contribution in [3.05, 3.63) is 35.9 Å². The predicted octanol–water partition coefficient (Wildman–Crippen LogP) is 2.40. The van der Waals surface area contributed by atoms with Gasteiger partial charge in [-0.3, -0.25) is 0 Å². The van der Waals surface area contributed by atoms with Crippen LogP contribution in [0, 0.1) is 0 Å². The molecule has 0 radical (unpaired) electrons. The summed E-state index contributed by atoms with van der Waals surface area (Å²) in [6, 6.07) is 9.58. The number of carbonyl (C=O) groups is 1. The van der Waals surface area contributed by atoms with Gasteiger partial charge in [0.2, 0.25) is 5.88 Å². The number of fused-ring (bicyclic) bond motifs is 1. The molecule has 0 saturated heterocycles. The molecule has 1 aromatic carbocycles. The summed E-state index contributed by atoms with van der Waals surface area (Å²) in [6.07, 6.45) is 0. The van der Waals surface area contributed by atoms with Crippen LogP contribution in [0.5, 0.6) is 5.88 Å². The Bertz CT molecular complexity index is 613. The molecule has 2 rings (SSSR count). The van der Waals surface area contributed by atoms with Crippen LogP contribution in [-0.4, -0.2) is 36.6 Å². The third-order valence-electron chi connectivity index (χ3n) is 3.24. The molecule has 0 spiro atoms. The van der Waals surface area contributed by atoms with Gasteiger partial charge in [0.05, 0.1) is 12.6 Å². The molecule has 1 aromatic heterocycles. The van der Waals surface area contributed by atoms with E-state index in [0.29, 0.717) is 19.0 Å². The van der Waals surface area contributed by atoms with Gasteiger partial charge in [-0.05, 0) is 18.6 Å². The number of carbonyl (C=O) groups excluding carboxylic acids is 1. The van der Waals surface area contributed by atoms with Crippen LogP contribution in [0.15, 0.2) is 30.3 Å². The van der Waals surface area contributed by atoms with Gasteiger partial charge in [0.25, 0.3) is 0 Å². The van der Waals surface area contributed by atoms with Crippen molar-refractivity contribution < 1.29 is 9.53 Å². The smallest absolute Gasteiger partial charge is 0.317 e. The van der Waals surface area contributed by atoms with Crippen molar-refractivity contribution in [2.45, 2.75) is 13.5 Å². The molecule has 0 bridgehead atoms. The maximum absolute atomic E-state index is 11.8. The van der Waals surface area contributed by atoms with Crippen LogP contribution >= 0.6 is 0 Å². The van der Waals surface area contributed by atoms with E-state index in [0.717, 1.165) is 16.5 Å². The fraction of sp³-hybridized carbons (Fsp3) is 0.333. The SMILES string of the molecule is CCN(C)C(=O)NCc1cc(OC)nc2ccccc12. The van der Waals surface area contributed by atoms with Gasteiger partial charge in [-0.15, -0.1) is 0 Å². The van der Waals surface area contributed by atoms with Gasteiger partial charge >= 0.3 is 6.03 Å². The molecule has 0 fully saturated rings. The summed E-state index contributed by atoms with van der Waals surface area (Å²) in [7, 11) is 3.35. The van der Waals surface area contributed by atoms with E-state index in [4.69, 9.17) is 4.74 Å². The fourth-order valence-electron chi connectivity index (χ4n) is 1.92. The van der Waals surface area contributed by atoms with Crippen LogP contribution in [0.25, 0.3) is 10.9 Å². The summed E-state index contributed by atoms with van der Waals surface area (Å²) in [5.41, 5.74) is 1.85. The Kier molecular flexibility index (Phi) is 4.40. The number of ether oxygens (including phenoxy) is 1. The number of nitrogens with one attached hydrogen (secondary N) is 1. The standard InChI is InChI=1S/C15H19N3O2/c1-4-18(2)15(19)16-10-11-9-14(20-3)17-13-8-6-5-7-12(11)13/h5-9H,4,10H2,1-3H3,(H,16,19). The average molecular weight is 273 g/mol. The van der Waals surface area contributed by atoms with E-state index in [1.54, 1.807) is 19.1 Å². The third-order valence-corrected chi connectivity index (χ3v) is 3.24. The van der Waals surface area contributed by atoms with E-state index in [2.05, 4.69) is 10.3 Å². The highest BCUT2D eigenvalue weighted by molar-refractivity contribution is 5.83. The van der Waals surface area contributed by atoms with Crippen molar-refractivity contribution in [1.29, 1.82) is 0 Å². The minimum Gasteiger partial charge on any atom is -0.481 e. The maximum Gasteiger partial charge on any atom is 0.317 e. The van der Waals surface area contributed by atoms with Crippen molar-refractivity contribution in [2.75, 3.05) is 20.7 Å². The van der Waals surface area contributed by atoms with Gasteiger partial charge in [0, 0.05) is 31.6 Å². The number of hydrogen-bond acceptors (Lipinski definition) is 3. The minimum atomic E-state index is -0.0904. The lowest BCUT2D eigenvalue weighted by molar-refractivity contribution is 0.210. The minimum absolute atomic E-state index is 0.0904. The molecule has 20 heavy (non-hydrogen) atoms. The summed E-state index contributed by atoms with van der Waals surface area (Å²) in [4.78, 5) is 17.8. The molecular formula is C15H19N3O2. The molecular weight excluding hydrogens is 254 g/mol. The normalized spacial score (nSPS) is 10.3. The van der Waals surface area contributed by atoms with Gasteiger partial charge in [-0.25, -0.2) is 9.78 Å². The fourth-order valence-corrected chi connectivity index (χ4v) is 1.92. The van der Waals surface area contributed by atoms with E-state index in [1.807, 2.05) is 37.3 Å². The first kappa shape index (κ1) is 14.1. The molecule has 1 N–H and O–H groups in total. The number of para-hydroxylation sites is 1. The molecule has 0 atom stereocenters. The van der Waals surface area contributed by atoms with E-state index in [-0.39, 0.29) is 6.03 Å². The van der Waals surface area contributed by atoms with Crippen LogP contribution < -0.4 is 10.1 Å². The van der Waals surface area contributed by atoms with Crippen LogP contribution in [0.4, 0.5) is 4.79 Å². The van der Waals surface area contributed by atoms with Gasteiger partial charge < -0.3 is 15.0 Å². The number of benzene rings is 1. The monoisotopic (exact) mass is 273 g/mol. The second-order valence-electron chi connectivity index (χ2n) is 4.51. The number of nitrogens with zero attached hydrogens (tertiary/aromatic N) is 2. The molecule has 0 aliphatic rings. The molecule has 0 aliphatic carbocycles. The second kappa shape index (κ2) is 6.23. The van der Waals surface area contributed by atoms with Crippen molar-refractivity contribution in [1.82, 2.24) is 15.2 Å². The predicted molar refractivity (Wildman–Crippen MR) is 78.8 cm³/mol. The number of hydrogen-bond donors (Lipinski definition) is 1. The Morgan fingerprint density at radius 1 is 1.40 bits per heavy atom. The molecule has 106 valence electrons. The first-order valence-corrected chi connectivity index (χ1v) is 6.57. The first-order valence-electron chi connectivity index (χ1n) is 6.57. The zero-order valence-corrected chi connectivity index (χ0v) is 12.0. The number of pyridine rings is 1. The molecule has 1 heterocycles. The average Bonchev–Trinajstić information content (AvgIpc) is 2.50. The summed E-state index contributed by atoms with van der Waals surface area (Å²) < 4.78 is 5.20. The van der Waals surface area contributed by atoms with Crippen molar-refractivity contribution >= 4 is 16.9 Å². The zero-order chi connectivity index (χ0) is 14.5. The summed E-state index contributed by atoms with van der Waals surface area (Å²) >= 11 is 0. The van der Waals surface area contributed by atoms with Crippen molar-refractivity contribution in [3.63, 3.8) is 0 Å². The second-order valence-corrected chi connectivity index (χ2v) is 4.51. The summed E-state index contributed by atoms with van der Waals surface area (Å²) in [6.45, 7) is 3.05. The Hall–Kier alpha value is -2.30. The number of rotatable bonds is 4. The van der Waals surface area contributed by atoms with Gasteiger partial charge in [-0.1, -0.05) is 18.2 Å². The van der Waals surface area contributed by atoms with Crippen molar-refractivity contribution in [2.24, 2.45) is 0 Å². The van der Waals surface area contributed by atoms with Gasteiger partial charge in [0.15, 0.2) is 0 Å². The molecule has 2 amide bonds. The Morgan fingerprint density at radius 3 is 2.85 bits per heavy atom. The maximum atomic E-state index is 11.8. The van der Waals surface area contributed by atoms with Crippen LogP contribution in [-0.2, 0) is 6.54 Å². The van der Waals surface area contributed by atoms with Crippen LogP contribution in [0.1, 0.15) is 12.5 Å². The molecule has 2 aromatic rings. The highest BCUT2D eigenvalue weighted by Crippen LogP contribution is 2.21. The lowest BCUT2D eigenvalue weighted by atomic mass is 10.1. The molecule has 0 saturated carbocycles. The lowest BCUT2D eigenvalue weighted by Crippen LogP contribution is -2.36. The Labute approximate surface area is 118 Å². The quantitative estimate of drug-likeness (QED) is 0.930. The molecule has 0 unspecified atom stereocenters. The summed E-state index contributed by atoms with van der Waals surface area (Å²) in [5.74, 6) is 0.553. The first-order chi connectivity index (χ1) is 9.65. The highest BCUT2D eigenvalue weighted by Gasteiger charge is 2.09. The topological polar surface area (TPSA) is 54.5 Å². The summed E-state index contributed by atoms with van der Waals surface area (Å²) in [5, 5.41) is 3.92. The van der Waals surface area contributed by atoms with Crippen molar-refractivity contribution in [3.8, 4) is 5.88 Å². The molecule has 0 aliphatic heterocycles. The highest BCUT2D eigenvalue weighted by atomic mass is 16.5. The lowest BCUT2D eigenvalue weighted by Gasteiger charge is -2.16. The number of methoxy groups -OCH3 is 1. The van der Waals surface area contributed by atoms with E-state index in [1.165, 1.54) is 0 Å². The number of urea groups is 1. The number of aromatic nitrogens is 1. The van der Waals surface area contributed by atoms with Gasteiger partial charge in [0.1, 0.15) is 0 Å². The largest absolute Gasteiger partial charge is 0.481 e. The Balaban J connectivity index is 2.26. The van der Waals surface area contributed by atoms with Crippen LogP contribution in [0.3, 0.4) is 0 Å². The zero-order valence-electron chi connectivity index (χ0n) is 12.0. The van der Waals surface area contributed by atoms with E-state index in [9.17, 15) is 4.79 Å². The third kappa shape index (κ3) is 2.99. The molecule has 5 nitrogen and oxygen atoms in total. The molecule has 5 heteroatoms. The van der Waals surface area contributed by atoms with Gasteiger partial charge in [-0.2, -0.15) is 0 Å².